The molecular weight excluding hydrogens is 376 g/mol. The number of piperidine rings is 1. The average Bonchev–Trinajstić information content (AvgIpc) is 2.62. The normalized spacial score (nSPS) is 23.1. The summed E-state index contributed by atoms with van der Waals surface area (Å²) >= 11 is 0. The highest BCUT2D eigenvalue weighted by Crippen LogP contribution is 2.35. The number of likely N-dealkylation sites (tertiary alicyclic amines) is 1. The molecule has 0 N–H and O–H groups in total. The zero-order valence-electron chi connectivity index (χ0n) is 15.1. The van der Waals surface area contributed by atoms with Crippen LogP contribution in [0.25, 0.3) is 0 Å². The summed E-state index contributed by atoms with van der Waals surface area (Å²) in [6.45, 7) is -2.44. The topological polar surface area (TPSA) is 63.7 Å². The van der Waals surface area contributed by atoms with E-state index in [-0.39, 0.29) is 23.3 Å². The molecule has 150 valence electrons. The van der Waals surface area contributed by atoms with Crippen LogP contribution >= 0.6 is 0 Å². The first-order chi connectivity index (χ1) is 12.9. The van der Waals surface area contributed by atoms with E-state index >= 15 is 0 Å². The largest absolute Gasteiger partial charge is 0.435 e. The third kappa shape index (κ3) is 5.18. The molecule has 0 spiro atoms. The van der Waals surface area contributed by atoms with Crippen LogP contribution < -0.4 is 4.74 Å². The van der Waals surface area contributed by atoms with Gasteiger partial charge >= 0.3 is 6.61 Å². The van der Waals surface area contributed by atoms with Crippen LogP contribution in [-0.4, -0.2) is 44.2 Å². The van der Waals surface area contributed by atoms with E-state index in [1.54, 1.807) is 11.0 Å². The Morgan fingerprint density at radius 1 is 1.15 bits per heavy atom. The molecule has 0 radical (unpaired) electrons. The summed E-state index contributed by atoms with van der Waals surface area (Å²) in [4.78, 5) is 14.5. The SMILES string of the molecule is O=C(CS(=O)(=O)Cc1ccccc1OC(F)F)N1CCCC2CCCCC21. The van der Waals surface area contributed by atoms with Crippen molar-refractivity contribution in [3.05, 3.63) is 29.8 Å². The fourth-order valence-electron chi connectivity index (χ4n) is 4.33. The number of hydrogen-bond acceptors (Lipinski definition) is 4. The van der Waals surface area contributed by atoms with Gasteiger partial charge in [0.25, 0.3) is 0 Å². The zero-order valence-corrected chi connectivity index (χ0v) is 16.0. The fourth-order valence-corrected chi connectivity index (χ4v) is 5.68. The van der Waals surface area contributed by atoms with E-state index in [9.17, 15) is 22.0 Å². The Hall–Kier alpha value is -1.70. The minimum Gasteiger partial charge on any atom is -0.435 e. The number of rotatable bonds is 6. The Labute approximate surface area is 158 Å². The molecule has 1 aliphatic heterocycles. The molecule has 0 aromatic heterocycles. The number of ether oxygens (including phenoxy) is 1. The number of benzene rings is 1. The van der Waals surface area contributed by atoms with Crippen LogP contribution in [-0.2, 0) is 20.4 Å². The Kier molecular flexibility index (Phi) is 6.34. The quantitative estimate of drug-likeness (QED) is 0.733. The number of para-hydroxylation sites is 1. The Bertz CT molecular complexity index is 767. The van der Waals surface area contributed by atoms with Gasteiger partial charge in [0.2, 0.25) is 5.91 Å². The number of fused-ring (bicyclic) bond motifs is 1. The maximum absolute atomic E-state index is 12.7. The van der Waals surface area contributed by atoms with Crippen molar-refractivity contribution in [3.8, 4) is 5.75 Å². The fraction of sp³-hybridized carbons (Fsp3) is 0.632. The third-order valence-corrected chi connectivity index (χ3v) is 6.91. The average molecular weight is 401 g/mol. The van der Waals surface area contributed by atoms with Gasteiger partial charge in [0.1, 0.15) is 11.5 Å². The molecule has 0 bridgehead atoms. The van der Waals surface area contributed by atoms with Crippen molar-refractivity contribution in [2.24, 2.45) is 5.92 Å². The summed E-state index contributed by atoms with van der Waals surface area (Å²) in [5.41, 5.74) is 0.139. The van der Waals surface area contributed by atoms with Gasteiger partial charge < -0.3 is 9.64 Å². The molecule has 27 heavy (non-hydrogen) atoms. The molecule has 1 amide bonds. The molecule has 1 saturated heterocycles. The molecule has 2 fully saturated rings. The lowest BCUT2D eigenvalue weighted by Gasteiger charge is -2.44. The van der Waals surface area contributed by atoms with Gasteiger partial charge in [-0.05, 0) is 37.7 Å². The summed E-state index contributed by atoms with van der Waals surface area (Å²) in [6, 6.07) is 5.93. The summed E-state index contributed by atoms with van der Waals surface area (Å²) < 4.78 is 54.5. The van der Waals surface area contributed by atoms with Gasteiger partial charge in [-0.15, -0.1) is 0 Å². The molecule has 8 heteroatoms. The van der Waals surface area contributed by atoms with Crippen molar-refractivity contribution in [2.45, 2.75) is 56.9 Å². The number of halogens is 2. The number of carbonyl (C=O) groups is 1. The Morgan fingerprint density at radius 3 is 2.63 bits per heavy atom. The molecule has 1 aliphatic carbocycles. The number of alkyl halides is 2. The smallest absolute Gasteiger partial charge is 0.387 e. The second-order valence-electron chi connectivity index (χ2n) is 7.36. The van der Waals surface area contributed by atoms with Gasteiger partial charge in [0.15, 0.2) is 9.84 Å². The van der Waals surface area contributed by atoms with E-state index in [4.69, 9.17) is 0 Å². The first-order valence-electron chi connectivity index (χ1n) is 9.38. The van der Waals surface area contributed by atoms with Gasteiger partial charge in [-0.1, -0.05) is 31.0 Å². The van der Waals surface area contributed by atoms with Gasteiger partial charge in [0.05, 0.1) is 5.75 Å². The lowest BCUT2D eigenvalue weighted by molar-refractivity contribution is -0.134. The van der Waals surface area contributed by atoms with Crippen molar-refractivity contribution < 1.29 is 26.7 Å². The van der Waals surface area contributed by atoms with E-state index in [0.29, 0.717) is 12.5 Å². The molecule has 1 aromatic carbocycles. The van der Waals surface area contributed by atoms with Crippen LogP contribution in [0.15, 0.2) is 24.3 Å². The molecule has 1 heterocycles. The molecule has 2 aliphatic rings. The number of hydrogen-bond donors (Lipinski definition) is 0. The van der Waals surface area contributed by atoms with E-state index in [0.717, 1.165) is 32.1 Å². The first-order valence-corrected chi connectivity index (χ1v) is 11.2. The standard InChI is InChI=1S/C19H25F2NO4S/c20-19(21)26-17-10-4-2-7-15(17)12-27(24,25)13-18(23)22-11-5-8-14-6-1-3-9-16(14)22/h2,4,7,10,14,16,19H,1,3,5-6,8-9,11-13H2. The van der Waals surface area contributed by atoms with Crippen LogP contribution in [0, 0.1) is 5.92 Å². The molecule has 1 saturated carbocycles. The van der Waals surface area contributed by atoms with Crippen LogP contribution in [0.1, 0.15) is 44.1 Å². The molecule has 3 rings (SSSR count). The van der Waals surface area contributed by atoms with Crippen LogP contribution in [0.4, 0.5) is 8.78 Å². The number of nitrogens with zero attached hydrogens (tertiary/aromatic N) is 1. The zero-order chi connectivity index (χ0) is 19.4. The molecular formula is C19H25F2NO4S. The van der Waals surface area contributed by atoms with E-state index in [1.807, 2.05) is 0 Å². The lowest BCUT2D eigenvalue weighted by Crippen LogP contribution is -2.51. The monoisotopic (exact) mass is 401 g/mol. The van der Waals surface area contributed by atoms with Crippen LogP contribution in [0.2, 0.25) is 0 Å². The molecule has 2 atom stereocenters. The molecule has 2 unspecified atom stereocenters. The third-order valence-electron chi connectivity index (χ3n) is 5.47. The highest BCUT2D eigenvalue weighted by Gasteiger charge is 2.36. The van der Waals surface area contributed by atoms with Crippen molar-refractivity contribution in [1.29, 1.82) is 0 Å². The van der Waals surface area contributed by atoms with Crippen molar-refractivity contribution in [1.82, 2.24) is 4.90 Å². The van der Waals surface area contributed by atoms with E-state index in [1.165, 1.54) is 24.6 Å². The Balaban J connectivity index is 1.68. The van der Waals surface area contributed by atoms with Crippen molar-refractivity contribution in [2.75, 3.05) is 12.3 Å². The highest BCUT2D eigenvalue weighted by atomic mass is 32.2. The predicted molar refractivity (Wildman–Crippen MR) is 97.3 cm³/mol. The summed E-state index contributed by atoms with van der Waals surface area (Å²) in [7, 11) is -3.80. The van der Waals surface area contributed by atoms with Crippen LogP contribution in [0.5, 0.6) is 5.75 Å². The minimum atomic E-state index is -3.80. The van der Waals surface area contributed by atoms with Gasteiger partial charge in [-0.25, -0.2) is 8.42 Å². The lowest BCUT2D eigenvalue weighted by atomic mass is 9.78. The molecule has 1 aromatic rings. The highest BCUT2D eigenvalue weighted by molar-refractivity contribution is 7.91. The minimum absolute atomic E-state index is 0.139. The number of amides is 1. The predicted octanol–water partition coefficient (Wildman–Crippen LogP) is 3.38. The summed E-state index contributed by atoms with van der Waals surface area (Å²) in [5.74, 6) is -1.17. The first kappa shape index (κ1) is 20.0. The maximum Gasteiger partial charge on any atom is 0.387 e. The second-order valence-corrected chi connectivity index (χ2v) is 9.42. The number of carbonyl (C=O) groups excluding carboxylic acids is 1. The molecule has 5 nitrogen and oxygen atoms in total. The van der Waals surface area contributed by atoms with Crippen molar-refractivity contribution >= 4 is 15.7 Å². The van der Waals surface area contributed by atoms with Gasteiger partial charge in [0, 0.05) is 18.2 Å². The second kappa shape index (κ2) is 8.54. The number of sulfone groups is 1. The summed E-state index contributed by atoms with van der Waals surface area (Å²) in [6.07, 6.45) is 6.26. The Morgan fingerprint density at radius 2 is 1.85 bits per heavy atom. The summed E-state index contributed by atoms with van der Waals surface area (Å²) in [5, 5.41) is 0. The maximum atomic E-state index is 12.7. The van der Waals surface area contributed by atoms with E-state index in [2.05, 4.69) is 4.74 Å². The van der Waals surface area contributed by atoms with Crippen molar-refractivity contribution in [3.63, 3.8) is 0 Å². The van der Waals surface area contributed by atoms with E-state index < -0.39 is 28.0 Å². The van der Waals surface area contributed by atoms with Gasteiger partial charge in [-0.2, -0.15) is 8.78 Å². The van der Waals surface area contributed by atoms with Gasteiger partial charge in [-0.3, -0.25) is 4.79 Å². The van der Waals surface area contributed by atoms with Crippen LogP contribution in [0.3, 0.4) is 0 Å².